The van der Waals surface area contributed by atoms with Crippen LogP contribution in [0.5, 0.6) is 0 Å². The lowest BCUT2D eigenvalue weighted by Crippen LogP contribution is -2.43. The maximum atomic E-state index is 12.5. The van der Waals surface area contributed by atoms with Crippen LogP contribution in [0.3, 0.4) is 0 Å². The predicted octanol–water partition coefficient (Wildman–Crippen LogP) is 0.914. The molecule has 1 aliphatic carbocycles. The van der Waals surface area contributed by atoms with Crippen molar-refractivity contribution < 1.29 is 9.59 Å². The van der Waals surface area contributed by atoms with Gasteiger partial charge in [0, 0.05) is 22.5 Å². The van der Waals surface area contributed by atoms with Crippen LogP contribution in [-0.2, 0) is 10.3 Å². The fraction of sp³-hybridized carbons (Fsp3) is 0.0667. The fourth-order valence-electron chi connectivity index (χ4n) is 3.19. The average molecular weight is 280 g/mol. The largest absolute Gasteiger partial charge is 0.399 e. The van der Waals surface area contributed by atoms with Crippen LogP contribution in [0.2, 0.25) is 0 Å². The molecule has 1 heterocycles. The second-order valence-corrected chi connectivity index (χ2v) is 5.27. The van der Waals surface area contributed by atoms with Crippen molar-refractivity contribution in [1.82, 2.24) is 10.6 Å². The molecular formula is C15H12N4O2. The number of carbonyl (C=O) groups is 2. The maximum absolute atomic E-state index is 12.5. The molecule has 104 valence electrons. The molecule has 0 unspecified atom stereocenters. The molecule has 0 saturated carbocycles. The van der Waals surface area contributed by atoms with Crippen molar-refractivity contribution in [2.45, 2.75) is 5.54 Å². The predicted molar refractivity (Wildman–Crippen MR) is 78.2 cm³/mol. The van der Waals surface area contributed by atoms with Gasteiger partial charge in [0.2, 0.25) is 0 Å². The van der Waals surface area contributed by atoms with E-state index in [9.17, 15) is 9.59 Å². The minimum absolute atomic E-state index is 0.413. The molecule has 1 spiro atoms. The fourth-order valence-corrected chi connectivity index (χ4v) is 3.19. The lowest BCUT2D eigenvalue weighted by Gasteiger charge is -2.23. The van der Waals surface area contributed by atoms with Crippen molar-refractivity contribution in [3.05, 3.63) is 47.5 Å². The SMILES string of the molecule is Nc1ccc2c(c1)C1(NC(=O)NC1=O)c1cc(N)ccc1-2. The van der Waals surface area contributed by atoms with Crippen LogP contribution in [0.4, 0.5) is 16.2 Å². The zero-order valence-electron chi connectivity index (χ0n) is 10.9. The van der Waals surface area contributed by atoms with Crippen molar-refractivity contribution in [3.8, 4) is 11.1 Å². The molecule has 4 rings (SSSR count). The van der Waals surface area contributed by atoms with Crippen LogP contribution >= 0.6 is 0 Å². The highest BCUT2D eigenvalue weighted by Gasteiger charge is 2.54. The number of nitrogens with one attached hydrogen (secondary N) is 2. The summed E-state index contributed by atoms with van der Waals surface area (Å²) in [7, 11) is 0. The second kappa shape index (κ2) is 3.54. The van der Waals surface area contributed by atoms with Gasteiger partial charge < -0.3 is 16.8 Å². The van der Waals surface area contributed by atoms with Gasteiger partial charge in [0.1, 0.15) is 0 Å². The minimum Gasteiger partial charge on any atom is -0.399 e. The lowest BCUT2D eigenvalue weighted by molar-refractivity contribution is -0.122. The molecule has 2 aromatic carbocycles. The minimum atomic E-state index is -1.24. The molecule has 2 aliphatic rings. The summed E-state index contributed by atoms with van der Waals surface area (Å²) in [5.41, 5.74) is 14.6. The molecule has 0 bridgehead atoms. The van der Waals surface area contributed by atoms with Gasteiger partial charge >= 0.3 is 6.03 Å². The van der Waals surface area contributed by atoms with Gasteiger partial charge in [0.25, 0.3) is 5.91 Å². The normalized spacial score (nSPS) is 17.3. The third kappa shape index (κ3) is 1.31. The summed E-state index contributed by atoms with van der Waals surface area (Å²) >= 11 is 0. The van der Waals surface area contributed by atoms with Crippen LogP contribution in [0.15, 0.2) is 36.4 Å². The van der Waals surface area contributed by atoms with Gasteiger partial charge in [0.05, 0.1) is 0 Å². The number of rotatable bonds is 0. The number of anilines is 2. The van der Waals surface area contributed by atoms with E-state index in [1.807, 2.05) is 12.1 Å². The van der Waals surface area contributed by atoms with E-state index in [1.165, 1.54) is 0 Å². The van der Waals surface area contributed by atoms with Crippen LogP contribution in [0.1, 0.15) is 11.1 Å². The lowest BCUT2D eigenvalue weighted by atomic mass is 9.87. The highest BCUT2D eigenvalue weighted by Crippen LogP contribution is 2.49. The first-order valence-electron chi connectivity index (χ1n) is 6.46. The summed E-state index contributed by atoms with van der Waals surface area (Å²) in [6.07, 6.45) is 0. The van der Waals surface area contributed by atoms with Crippen molar-refractivity contribution in [2.24, 2.45) is 0 Å². The smallest absolute Gasteiger partial charge is 0.322 e. The third-order valence-electron chi connectivity index (χ3n) is 4.05. The first-order valence-corrected chi connectivity index (χ1v) is 6.46. The maximum Gasteiger partial charge on any atom is 0.322 e. The average Bonchev–Trinajstić information content (AvgIpc) is 2.87. The third-order valence-corrected chi connectivity index (χ3v) is 4.05. The molecule has 6 N–H and O–H groups in total. The summed E-state index contributed by atoms with van der Waals surface area (Å²) in [5, 5.41) is 5.03. The Balaban J connectivity index is 2.12. The van der Waals surface area contributed by atoms with Crippen molar-refractivity contribution in [3.63, 3.8) is 0 Å². The molecule has 0 aromatic heterocycles. The van der Waals surface area contributed by atoms with E-state index < -0.39 is 17.5 Å². The van der Waals surface area contributed by atoms with Crippen LogP contribution < -0.4 is 22.1 Å². The monoisotopic (exact) mass is 280 g/mol. The molecular weight excluding hydrogens is 268 g/mol. The Labute approximate surface area is 120 Å². The molecule has 1 aliphatic heterocycles. The number of nitrogen functional groups attached to an aromatic ring is 2. The molecule has 3 amide bonds. The first-order chi connectivity index (χ1) is 10.0. The van der Waals surface area contributed by atoms with E-state index in [0.717, 1.165) is 11.1 Å². The highest BCUT2D eigenvalue weighted by molar-refractivity contribution is 6.13. The standard InChI is InChI=1S/C15H12N4O2/c16-7-1-3-9-10-4-2-8(17)6-12(10)15(11(9)5-7)13(20)18-14(21)19-15/h1-6H,16-17H2,(H2,18,19,20,21). The molecule has 0 atom stereocenters. The number of hydrogen-bond donors (Lipinski definition) is 4. The Morgan fingerprint density at radius 3 is 1.81 bits per heavy atom. The Hall–Kier alpha value is -3.02. The van der Waals surface area contributed by atoms with Crippen molar-refractivity contribution in [1.29, 1.82) is 0 Å². The van der Waals surface area contributed by atoms with Gasteiger partial charge in [-0.25, -0.2) is 4.79 Å². The molecule has 6 heteroatoms. The number of imide groups is 1. The van der Waals surface area contributed by atoms with E-state index in [-0.39, 0.29) is 0 Å². The molecule has 2 aromatic rings. The van der Waals surface area contributed by atoms with E-state index in [0.29, 0.717) is 22.5 Å². The Bertz CT molecular complexity index is 777. The quantitative estimate of drug-likeness (QED) is 0.424. The van der Waals surface area contributed by atoms with Gasteiger partial charge in [-0.2, -0.15) is 0 Å². The molecule has 6 nitrogen and oxygen atoms in total. The van der Waals surface area contributed by atoms with Crippen LogP contribution in [-0.4, -0.2) is 11.9 Å². The number of benzene rings is 2. The summed E-state index contributed by atoms with van der Waals surface area (Å²) in [6.45, 7) is 0. The van der Waals surface area contributed by atoms with Crippen molar-refractivity contribution in [2.75, 3.05) is 11.5 Å². The number of hydrogen-bond acceptors (Lipinski definition) is 4. The molecule has 1 saturated heterocycles. The van der Waals surface area contributed by atoms with E-state index >= 15 is 0 Å². The topological polar surface area (TPSA) is 110 Å². The molecule has 0 radical (unpaired) electrons. The van der Waals surface area contributed by atoms with Gasteiger partial charge in [-0.05, 0) is 35.4 Å². The molecule has 21 heavy (non-hydrogen) atoms. The van der Waals surface area contributed by atoms with E-state index in [2.05, 4.69) is 10.6 Å². The number of carbonyl (C=O) groups excluding carboxylic acids is 2. The van der Waals surface area contributed by atoms with Gasteiger partial charge in [0.15, 0.2) is 5.54 Å². The Morgan fingerprint density at radius 2 is 1.38 bits per heavy atom. The number of nitrogens with two attached hydrogens (primary N) is 2. The van der Waals surface area contributed by atoms with Crippen LogP contribution in [0.25, 0.3) is 11.1 Å². The van der Waals surface area contributed by atoms with Gasteiger partial charge in [-0.3, -0.25) is 10.1 Å². The van der Waals surface area contributed by atoms with Crippen molar-refractivity contribution >= 4 is 23.3 Å². The van der Waals surface area contributed by atoms with Gasteiger partial charge in [-0.1, -0.05) is 12.1 Å². The first kappa shape index (κ1) is 11.8. The van der Waals surface area contributed by atoms with E-state index in [1.54, 1.807) is 24.3 Å². The summed E-state index contributed by atoms with van der Waals surface area (Å²) < 4.78 is 0. The number of urea groups is 1. The van der Waals surface area contributed by atoms with E-state index in [4.69, 9.17) is 11.5 Å². The zero-order valence-corrected chi connectivity index (χ0v) is 10.9. The zero-order chi connectivity index (χ0) is 14.8. The Kier molecular flexibility index (Phi) is 1.99. The summed E-state index contributed by atoms with van der Waals surface area (Å²) in [5.74, 6) is -0.413. The summed E-state index contributed by atoms with van der Waals surface area (Å²) in [6, 6.07) is 10.2. The van der Waals surface area contributed by atoms with Gasteiger partial charge in [-0.15, -0.1) is 0 Å². The highest BCUT2D eigenvalue weighted by atomic mass is 16.2. The number of amides is 3. The molecule has 1 fully saturated rings. The van der Waals surface area contributed by atoms with Crippen LogP contribution in [0, 0.1) is 0 Å². The second-order valence-electron chi connectivity index (χ2n) is 5.27. The summed E-state index contributed by atoms with van der Waals surface area (Å²) in [4.78, 5) is 24.2. The Morgan fingerprint density at radius 1 is 0.857 bits per heavy atom. The number of fused-ring (bicyclic) bond motifs is 5.